The van der Waals surface area contributed by atoms with E-state index in [9.17, 15) is 40.2 Å². The van der Waals surface area contributed by atoms with Gasteiger partial charge in [0.05, 0.1) is 53.7 Å². The van der Waals surface area contributed by atoms with E-state index >= 15 is 13.6 Å². The minimum atomic E-state index is -2.37. The molecule has 2 saturated carbocycles. The number of alkyl halides is 1. The van der Waals surface area contributed by atoms with E-state index in [0.29, 0.717) is 6.42 Å². The van der Waals surface area contributed by atoms with Crippen molar-refractivity contribution in [3.8, 4) is 0 Å². The minimum absolute atomic E-state index is 0.0396. The van der Waals surface area contributed by atoms with Crippen LogP contribution in [-0.4, -0.2) is 219 Å². The average Bonchev–Trinajstić information content (AvgIpc) is 1.59. The van der Waals surface area contributed by atoms with E-state index in [0.717, 1.165) is 0 Å². The standard InChI is InChI=1S/C63H103F2N3O17/c1-18-45-61(14,77)50(72)36(6)68(23-19-22-66-55(75)63-46(84-56(8,9)85-63)27-39-40-26-42(64)41-25-38(69)20-21-57(41,10)62(40,65)44(70)29-58(39,63)11)31-32(2)28-59(12,76)52(83-54-48(71)43(67(15)16)24-33(3)79-54)34(4)49(35(5)53(74)81-45)82-47-30-60(13,78-17)51(73)37(7)80-47/h20-21,32-37,39-40,43-52,54,70-73,76-77H,18-19,22-31H2,1-17H3,(H,66,75)/t32-,33-,34+,35-,36-,37?,39?,40?,43-,44+,45-,46-,47-,48-,49+,50-,51-,52-,54+,57+,58+,59-,60+,61-,62+,63+/m1/s1. The minimum Gasteiger partial charge on any atom is -0.459 e. The zero-order valence-corrected chi connectivity index (χ0v) is 53.4. The Morgan fingerprint density at radius 1 is 0.906 bits per heavy atom. The van der Waals surface area contributed by atoms with Gasteiger partial charge in [0.2, 0.25) is 0 Å². The van der Waals surface area contributed by atoms with E-state index in [4.69, 9.17) is 37.9 Å². The van der Waals surface area contributed by atoms with Gasteiger partial charge < -0.3 is 78.8 Å². The maximum absolute atomic E-state index is 18.2. The molecular weight excluding hydrogens is 1110 g/mol. The monoisotopic (exact) mass is 1210 g/mol. The summed E-state index contributed by atoms with van der Waals surface area (Å²) in [5.41, 5.74) is -11.8. The van der Waals surface area contributed by atoms with E-state index < -0.39 is 166 Å². The zero-order valence-electron chi connectivity index (χ0n) is 53.4. The largest absolute Gasteiger partial charge is 0.459 e. The Morgan fingerprint density at radius 2 is 1.58 bits per heavy atom. The van der Waals surface area contributed by atoms with E-state index in [1.54, 1.807) is 76.2 Å². The Morgan fingerprint density at radius 3 is 2.21 bits per heavy atom. The van der Waals surface area contributed by atoms with Gasteiger partial charge in [-0.1, -0.05) is 33.8 Å². The summed E-state index contributed by atoms with van der Waals surface area (Å²) in [4.78, 5) is 46.4. The van der Waals surface area contributed by atoms with Gasteiger partial charge in [-0.3, -0.25) is 19.3 Å². The van der Waals surface area contributed by atoms with Crippen molar-refractivity contribution in [2.45, 2.75) is 274 Å². The molecule has 22 heteroatoms. The second kappa shape index (κ2) is 24.5. The number of amides is 1. The van der Waals surface area contributed by atoms with Gasteiger partial charge in [0.25, 0.3) is 5.91 Å². The highest BCUT2D eigenvalue weighted by Gasteiger charge is 2.80. The summed E-state index contributed by atoms with van der Waals surface area (Å²) in [5.74, 6) is -7.72. The molecule has 0 aromatic carbocycles. The third-order valence-electron chi connectivity index (χ3n) is 21.9. The van der Waals surface area contributed by atoms with E-state index in [-0.39, 0.29) is 94.5 Å². The highest BCUT2D eigenvalue weighted by Crippen LogP contribution is 2.72. The molecule has 8 aliphatic rings. The second-order valence-electron chi connectivity index (χ2n) is 28.8. The first-order valence-corrected chi connectivity index (χ1v) is 31.2. The topological polar surface area (TPSA) is 265 Å². The number of cyclic esters (lactones) is 1. The number of allylic oxidation sites excluding steroid dienone is 4. The third-order valence-corrected chi connectivity index (χ3v) is 21.9. The molecule has 486 valence electrons. The second-order valence-corrected chi connectivity index (χ2v) is 28.8. The Kier molecular flexibility index (Phi) is 19.7. The number of hydrogen-bond donors (Lipinski definition) is 7. The Hall–Kier alpha value is -2.65. The van der Waals surface area contributed by atoms with Crippen molar-refractivity contribution in [2.75, 3.05) is 40.8 Å². The van der Waals surface area contributed by atoms with E-state index in [1.165, 1.54) is 26.2 Å². The summed E-state index contributed by atoms with van der Waals surface area (Å²) in [6, 6.07) is -1.21. The van der Waals surface area contributed by atoms with Crippen LogP contribution in [0, 0.1) is 40.4 Å². The maximum atomic E-state index is 18.2. The van der Waals surface area contributed by atoms with Gasteiger partial charge in [0.1, 0.15) is 35.8 Å². The van der Waals surface area contributed by atoms with Crippen LogP contribution in [0.15, 0.2) is 23.6 Å². The summed E-state index contributed by atoms with van der Waals surface area (Å²) >= 11 is 0. The molecule has 0 aromatic heterocycles. The zero-order chi connectivity index (χ0) is 63.3. The Balaban J connectivity index is 1.08. The fraction of sp³-hybridized carbons (Fsp3) is 0.889. The predicted molar refractivity (Wildman–Crippen MR) is 307 cm³/mol. The number of nitrogens with zero attached hydrogens (tertiary/aromatic N) is 2. The lowest BCUT2D eigenvalue weighted by Crippen LogP contribution is -2.70. The summed E-state index contributed by atoms with van der Waals surface area (Å²) in [7, 11) is 5.19. The first kappa shape index (κ1) is 68.3. The summed E-state index contributed by atoms with van der Waals surface area (Å²) < 4.78 is 86.1. The smallest absolute Gasteiger partial charge is 0.311 e. The van der Waals surface area contributed by atoms with Crippen LogP contribution in [0.3, 0.4) is 0 Å². The molecule has 0 spiro atoms. The van der Waals surface area contributed by atoms with Crippen LogP contribution in [0.5, 0.6) is 0 Å². The van der Waals surface area contributed by atoms with Crippen LogP contribution in [0.4, 0.5) is 8.78 Å². The molecule has 20 nitrogen and oxygen atoms in total. The van der Waals surface area contributed by atoms with Crippen LogP contribution in [0.2, 0.25) is 0 Å². The van der Waals surface area contributed by atoms with Gasteiger partial charge in [-0.25, -0.2) is 8.78 Å². The number of carbonyl (C=O) groups excluding carboxylic acids is 3. The van der Waals surface area contributed by atoms with Gasteiger partial charge >= 0.3 is 5.97 Å². The number of fused-ring (bicyclic) bond motifs is 7. The molecule has 1 amide bonds. The molecule has 0 aromatic rings. The van der Waals surface area contributed by atoms with E-state index in [1.807, 2.05) is 37.7 Å². The first-order valence-electron chi connectivity index (χ1n) is 31.2. The summed E-state index contributed by atoms with van der Waals surface area (Å²) in [5, 5.41) is 76.3. The first-order chi connectivity index (χ1) is 39.3. The van der Waals surface area contributed by atoms with Crippen LogP contribution in [0.25, 0.3) is 0 Å². The Labute approximate surface area is 501 Å². The number of aliphatic hydroxyl groups is 6. The number of likely N-dealkylation sites (N-methyl/N-ethyl adjacent to an activating group) is 1. The SMILES string of the molecule is CC[C@H]1OC(=O)[C@H](C)[C@@H](O[C@@H]2C[C@](C)(OC)[C@H](O)C(C)O2)[C@H](C)[C@@H](O[C@@H]2O[C@H](C)C[C@@H](N(C)C)[C@H]2O)[C@](C)(O)C[C@@H](C)CN(CCCNC(=O)[C@@]23OC(C)(C)O[C@@H]2CC2C4CC(F)=C5CC(=O)C=C[C@]5(C)[C@@]4(F)[C@@H](O)C[C@@]23C)[C@H](C)[C@@H](O)[C@]1(C)O. The van der Waals surface area contributed by atoms with Crippen molar-refractivity contribution in [3.63, 3.8) is 0 Å². The molecule has 26 atom stereocenters. The van der Waals surface area contributed by atoms with Crippen molar-refractivity contribution >= 4 is 17.7 Å². The molecule has 4 saturated heterocycles. The number of ketones is 1. The summed E-state index contributed by atoms with van der Waals surface area (Å²) in [6.45, 7) is 24.4. The van der Waals surface area contributed by atoms with E-state index in [2.05, 4.69) is 5.32 Å². The van der Waals surface area contributed by atoms with Gasteiger partial charge in [-0.05, 0) is 145 Å². The number of hydrogen-bond acceptors (Lipinski definition) is 19. The maximum Gasteiger partial charge on any atom is 0.311 e. The fourth-order valence-corrected chi connectivity index (χ4v) is 17.2. The highest BCUT2D eigenvalue weighted by molar-refractivity contribution is 5.94. The van der Waals surface area contributed by atoms with Crippen molar-refractivity contribution < 1.29 is 91.7 Å². The average molecular weight is 1210 g/mol. The lowest BCUT2D eigenvalue weighted by atomic mass is 9.45. The molecule has 8 rings (SSSR count). The van der Waals surface area contributed by atoms with Crippen LogP contribution in [-0.2, 0) is 52.3 Å². The number of aliphatic hydroxyl groups excluding tert-OH is 4. The number of carbonyl (C=O) groups is 3. The highest BCUT2D eigenvalue weighted by atomic mass is 19.1. The molecule has 4 aliphatic carbocycles. The number of methoxy groups -OCH3 is 1. The van der Waals surface area contributed by atoms with Gasteiger partial charge in [-0.15, -0.1) is 0 Å². The summed E-state index contributed by atoms with van der Waals surface area (Å²) in [6.07, 6.45) is -10.4. The predicted octanol–water partition coefficient (Wildman–Crippen LogP) is 4.95. The van der Waals surface area contributed by atoms with Crippen LogP contribution < -0.4 is 5.32 Å². The molecule has 6 fully saturated rings. The number of ether oxygens (including phenoxy) is 8. The number of rotatable bonds is 12. The lowest BCUT2D eigenvalue weighted by molar-refractivity contribution is -0.318. The molecule has 85 heavy (non-hydrogen) atoms. The van der Waals surface area contributed by atoms with Crippen molar-refractivity contribution in [1.29, 1.82) is 0 Å². The molecule has 4 aliphatic heterocycles. The quantitative estimate of drug-likeness (QED) is 0.101. The normalized spacial score (nSPS) is 49.9. The number of nitrogens with one attached hydrogen (secondary N) is 1. The molecule has 4 heterocycles. The van der Waals surface area contributed by atoms with Gasteiger partial charge in [0.15, 0.2) is 35.4 Å². The third kappa shape index (κ3) is 11.9. The molecular formula is C63H103F2N3O17. The lowest BCUT2D eigenvalue weighted by Gasteiger charge is -2.62. The fourth-order valence-electron chi connectivity index (χ4n) is 17.2. The molecule has 3 unspecified atom stereocenters. The number of halogens is 2. The van der Waals surface area contributed by atoms with Gasteiger partial charge in [0, 0.05) is 80.8 Å². The molecule has 0 radical (unpaired) electrons. The molecule has 7 N–H and O–H groups in total. The van der Waals surface area contributed by atoms with Crippen molar-refractivity contribution in [3.05, 3.63) is 23.6 Å². The van der Waals surface area contributed by atoms with Crippen LogP contribution in [0.1, 0.15) is 155 Å². The number of esters is 1. The Bertz CT molecular complexity index is 2500. The molecule has 0 bridgehead atoms. The van der Waals surface area contributed by atoms with Crippen molar-refractivity contribution in [2.24, 2.45) is 40.4 Å². The van der Waals surface area contributed by atoms with Crippen LogP contribution >= 0.6 is 0 Å². The van der Waals surface area contributed by atoms with Gasteiger partial charge in [-0.2, -0.15) is 0 Å². The van der Waals surface area contributed by atoms with Crippen molar-refractivity contribution in [1.82, 2.24) is 15.1 Å².